The number of hydrogen-bond acceptors (Lipinski definition) is 8. The van der Waals surface area contributed by atoms with Crippen molar-refractivity contribution in [3.05, 3.63) is 59.5 Å². The molecule has 10 heteroatoms. The molecule has 5 rings (SSSR count). The van der Waals surface area contributed by atoms with E-state index in [0.29, 0.717) is 22.3 Å². The zero-order valence-corrected chi connectivity index (χ0v) is 23.2. The second kappa shape index (κ2) is 10.7. The summed E-state index contributed by atoms with van der Waals surface area (Å²) >= 11 is 0. The van der Waals surface area contributed by atoms with Crippen LogP contribution < -0.4 is 15.0 Å². The number of rotatable bonds is 5. The predicted octanol–water partition coefficient (Wildman–Crippen LogP) is 4.89. The number of piperazine rings is 1. The van der Waals surface area contributed by atoms with Crippen molar-refractivity contribution in [2.24, 2.45) is 5.41 Å². The Morgan fingerprint density at radius 3 is 2.38 bits per heavy atom. The van der Waals surface area contributed by atoms with E-state index < -0.39 is 23.2 Å². The normalized spacial score (nSPS) is 13.9. The molecule has 2 N–H and O–H groups in total. The van der Waals surface area contributed by atoms with Gasteiger partial charge in [-0.1, -0.05) is 12.1 Å². The lowest BCUT2D eigenvalue weighted by atomic mass is 9.92. The Kier molecular flexibility index (Phi) is 7.29. The van der Waals surface area contributed by atoms with Gasteiger partial charge >= 0.3 is 11.9 Å². The summed E-state index contributed by atoms with van der Waals surface area (Å²) in [6.45, 7) is 10.6. The third kappa shape index (κ3) is 5.14. The number of esters is 2. The molecule has 40 heavy (non-hydrogen) atoms. The van der Waals surface area contributed by atoms with Crippen molar-refractivity contribution in [3.8, 4) is 28.1 Å². The number of aromatic amines is 1. The van der Waals surface area contributed by atoms with Gasteiger partial charge in [0.25, 0.3) is 0 Å². The van der Waals surface area contributed by atoms with Crippen molar-refractivity contribution in [2.75, 3.05) is 38.2 Å². The molecular weight excluding hydrogens is 513 g/mol. The van der Waals surface area contributed by atoms with E-state index in [1.165, 1.54) is 19.2 Å². The molecule has 2 aromatic carbocycles. The molecule has 3 heterocycles. The first-order valence-electron chi connectivity index (χ1n) is 13.1. The van der Waals surface area contributed by atoms with Crippen molar-refractivity contribution < 1.29 is 23.5 Å². The monoisotopic (exact) mass is 545 g/mol. The van der Waals surface area contributed by atoms with Crippen LogP contribution in [0.3, 0.4) is 0 Å². The first-order chi connectivity index (χ1) is 19.1. The van der Waals surface area contributed by atoms with E-state index in [9.17, 15) is 9.59 Å². The fourth-order valence-electron chi connectivity index (χ4n) is 4.77. The number of fused-ring (bicyclic) bond motifs is 1. The smallest absolute Gasteiger partial charge is 0.340 e. The van der Waals surface area contributed by atoms with E-state index in [1.807, 2.05) is 31.2 Å². The summed E-state index contributed by atoms with van der Waals surface area (Å²) < 4.78 is 26.2. The second-order valence-corrected chi connectivity index (χ2v) is 10.8. The number of pyridine rings is 1. The first-order valence-corrected chi connectivity index (χ1v) is 13.1. The van der Waals surface area contributed by atoms with Crippen LogP contribution >= 0.6 is 0 Å². The van der Waals surface area contributed by atoms with Gasteiger partial charge in [-0.3, -0.25) is 9.89 Å². The van der Waals surface area contributed by atoms with Crippen molar-refractivity contribution in [1.82, 2.24) is 20.5 Å². The summed E-state index contributed by atoms with van der Waals surface area (Å²) in [4.78, 5) is 32.6. The number of halogens is 1. The first kappa shape index (κ1) is 27.3. The molecule has 208 valence electrons. The molecule has 0 aliphatic carbocycles. The van der Waals surface area contributed by atoms with Crippen LogP contribution in [0.4, 0.5) is 10.1 Å². The number of anilines is 1. The molecule has 0 radical (unpaired) electrons. The van der Waals surface area contributed by atoms with Crippen LogP contribution in [0.25, 0.3) is 33.4 Å². The van der Waals surface area contributed by atoms with Crippen LogP contribution in [0.5, 0.6) is 5.75 Å². The van der Waals surface area contributed by atoms with Gasteiger partial charge in [0.15, 0.2) is 5.65 Å². The standard InChI is InChI=1S/C30H32FN5O4/c1-17-23-24(18-6-8-19(9-7-18)36-14-12-32-13-15-36)25(28(37)39-5)26(33-27(23)35-34-17)21-11-10-20(16-22(21)31)40-29(38)30(2,3)4/h6-11,16,32H,12-15H2,1-5H3,(H,33,34,35). The molecule has 9 nitrogen and oxygen atoms in total. The van der Waals surface area contributed by atoms with Gasteiger partial charge in [0, 0.05) is 49.1 Å². The molecular formula is C30H32FN5O4. The van der Waals surface area contributed by atoms with Gasteiger partial charge in [-0.15, -0.1) is 0 Å². The molecule has 2 aromatic heterocycles. The number of methoxy groups -OCH3 is 1. The average molecular weight is 546 g/mol. The highest BCUT2D eigenvalue weighted by molar-refractivity contribution is 6.11. The highest BCUT2D eigenvalue weighted by Gasteiger charge is 2.29. The highest BCUT2D eigenvalue weighted by atomic mass is 19.1. The quantitative estimate of drug-likeness (QED) is 0.270. The van der Waals surface area contributed by atoms with Crippen LogP contribution in [0.1, 0.15) is 36.8 Å². The molecule has 1 aliphatic heterocycles. The lowest BCUT2D eigenvalue weighted by molar-refractivity contribution is -0.143. The minimum Gasteiger partial charge on any atom is -0.465 e. The molecule has 0 saturated carbocycles. The van der Waals surface area contributed by atoms with E-state index in [2.05, 4.69) is 25.4 Å². The van der Waals surface area contributed by atoms with Gasteiger partial charge < -0.3 is 19.7 Å². The van der Waals surface area contributed by atoms with Crippen molar-refractivity contribution in [3.63, 3.8) is 0 Å². The molecule has 1 aliphatic rings. The Hall–Kier alpha value is -4.31. The van der Waals surface area contributed by atoms with Crippen molar-refractivity contribution in [1.29, 1.82) is 0 Å². The summed E-state index contributed by atoms with van der Waals surface area (Å²) in [6, 6.07) is 12.0. The number of carbonyl (C=O) groups is 2. The number of nitrogens with one attached hydrogen (secondary N) is 2. The zero-order valence-electron chi connectivity index (χ0n) is 23.2. The number of carbonyl (C=O) groups excluding carboxylic acids is 2. The predicted molar refractivity (Wildman–Crippen MR) is 151 cm³/mol. The summed E-state index contributed by atoms with van der Waals surface area (Å²) in [5.41, 5.74) is 2.93. The van der Waals surface area contributed by atoms with Gasteiger partial charge in [-0.25, -0.2) is 14.2 Å². The van der Waals surface area contributed by atoms with E-state index in [0.717, 1.165) is 43.5 Å². The Balaban J connectivity index is 1.66. The minimum atomic E-state index is -0.756. The number of aromatic nitrogens is 3. The van der Waals surface area contributed by atoms with Gasteiger partial charge in [-0.05, 0) is 57.5 Å². The van der Waals surface area contributed by atoms with E-state index in [4.69, 9.17) is 9.47 Å². The molecule has 0 amide bonds. The number of benzene rings is 2. The molecule has 0 atom stereocenters. The maximum atomic E-state index is 15.6. The van der Waals surface area contributed by atoms with Crippen LogP contribution in [0.2, 0.25) is 0 Å². The maximum Gasteiger partial charge on any atom is 0.340 e. The van der Waals surface area contributed by atoms with Crippen LogP contribution in [0.15, 0.2) is 42.5 Å². The molecule has 1 fully saturated rings. The summed E-state index contributed by atoms with van der Waals surface area (Å²) in [5, 5.41) is 11.2. The van der Waals surface area contributed by atoms with E-state index >= 15 is 4.39 Å². The largest absolute Gasteiger partial charge is 0.465 e. The molecule has 0 spiro atoms. The summed E-state index contributed by atoms with van der Waals surface area (Å²) in [7, 11) is 1.28. The summed E-state index contributed by atoms with van der Waals surface area (Å²) in [5.74, 6) is -1.79. The Morgan fingerprint density at radius 1 is 1.05 bits per heavy atom. The fourth-order valence-corrected chi connectivity index (χ4v) is 4.77. The fraction of sp³-hybridized carbons (Fsp3) is 0.333. The maximum absolute atomic E-state index is 15.6. The van der Waals surface area contributed by atoms with Crippen LogP contribution in [0, 0.1) is 18.2 Å². The van der Waals surface area contributed by atoms with Crippen molar-refractivity contribution >= 4 is 28.7 Å². The third-order valence-corrected chi connectivity index (χ3v) is 6.93. The van der Waals surface area contributed by atoms with Gasteiger partial charge in [-0.2, -0.15) is 5.10 Å². The van der Waals surface area contributed by atoms with Gasteiger partial charge in [0.1, 0.15) is 11.6 Å². The van der Waals surface area contributed by atoms with E-state index in [1.54, 1.807) is 20.8 Å². The second-order valence-electron chi connectivity index (χ2n) is 10.8. The summed E-state index contributed by atoms with van der Waals surface area (Å²) in [6.07, 6.45) is 0. The number of hydrogen-bond donors (Lipinski definition) is 2. The van der Waals surface area contributed by atoms with Crippen molar-refractivity contribution in [2.45, 2.75) is 27.7 Å². The number of aryl methyl sites for hydroxylation is 1. The van der Waals surface area contributed by atoms with Crippen LogP contribution in [-0.2, 0) is 9.53 Å². The van der Waals surface area contributed by atoms with E-state index in [-0.39, 0.29) is 22.6 Å². The SMILES string of the molecule is COC(=O)c1c(-c2ccc(OC(=O)C(C)(C)C)cc2F)nc2[nH]nc(C)c2c1-c1ccc(N2CCNCC2)cc1. The molecule has 4 aromatic rings. The minimum absolute atomic E-state index is 0.0583. The number of ether oxygens (including phenoxy) is 2. The number of nitrogens with zero attached hydrogens (tertiary/aromatic N) is 3. The highest BCUT2D eigenvalue weighted by Crippen LogP contribution is 2.40. The lowest BCUT2D eigenvalue weighted by Gasteiger charge is -2.29. The molecule has 0 bridgehead atoms. The molecule has 1 saturated heterocycles. The molecule has 0 unspecified atom stereocenters. The Labute approximate surface area is 231 Å². The number of H-pyrrole nitrogens is 1. The topological polar surface area (TPSA) is 109 Å². The zero-order chi connectivity index (χ0) is 28.6. The van der Waals surface area contributed by atoms with Gasteiger partial charge in [0.05, 0.1) is 34.9 Å². The lowest BCUT2D eigenvalue weighted by Crippen LogP contribution is -2.43. The third-order valence-electron chi connectivity index (χ3n) is 6.93. The Morgan fingerprint density at radius 2 is 1.75 bits per heavy atom. The average Bonchev–Trinajstić information content (AvgIpc) is 3.32. The Bertz CT molecular complexity index is 1580. The van der Waals surface area contributed by atoms with Crippen LogP contribution in [-0.4, -0.2) is 60.4 Å². The van der Waals surface area contributed by atoms with Gasteiger partial charge in [0.2, 0.25) is 0 Å².